The van der Waals surface area contributed by atoms with Gasteiger partial charge in [-0.15, -0.1) is 0 Å². The van der Waals surface area contributed by atoms with E-state index in [0.29, 0.717) is 17.8 Å². The summed E-state index contributed by atoms with van der Waals surface area (Å²) in [6, 6.07) is 7.79. The number of nitrogens with one attached hydrogen (secondary N) is 1. The minimum Gasteiger partial charge on any atom is -0.395 e. The normalized spacial score (nSPS) is 10.6. The topological polar surface area (TPSA) is 72.9 Å². The number of nitrogen functional groups attached to an aromatic ring is 1. The molecule has 0 spiro atoms. The number of nitrogens with zero attached hydrogens (tertiary/aromatic N) is 2. The number of benzene rings is 1. The molecule has 0 bridgehead atoms. The molecule has 5 heteroatoms. The molecule has 1 heterocycles. The first kappa shape index (κ1) is 14.1. The minimum atomic E-state index is -0.231. The van der Waals surface area contributed by atoms with Gasteiger partial charge in [0, 0.05) is 12.7 Å². The summed E-state index contributed by atoms with van der Waals surface area (Å²) in [5.41, 5.74) is 9.54. The summed E-state index contributed by atoms with van der Waals surface area (Å²) in [6.45, 7) is 4.04. The zero-order chi connectivity index (χ0) is 14.7. The molecule has 1 aromatic carbocycles. The lowest BCUT2D eigenvalue weighted by Crippen LogP contribution is -2.17. The Morgan fingerprint density at radius 2 is 2.10 bits per heavy atom. The Morgan fingerprint density at radius 3 is 2.70 bits per heavy atom. The van der Waals surface area contributed by atoms with E-state index in [9.17, 15) is 4.79 Å². The molecule has 2 aromatic rings. The highest BCUT2D eigenvalue weighted by Crippen LogP contribution is 2.19. The van der Waals surface area contributed by atoms with Gasteiger partial charge in [-0.2, -0.15) is 5.10 Å². The average molecular weight is 272 g/mol. The van der Waals surface area contributed by atoms with Crippen molar-refractivity contribution >= 4 is 17.3 Å². The van der Waals surface area contributed by atoms with E-state index < -0.39 is 0 Å². The van der Waals surface area contributed by atoms with E-state index in [1.165, 1.54) is 10.2 Å². The molecule has 0 radical (unpaired) electrons. The van der Waals surface area contributed by atoms with Crippen molar-refractivity contribution in [1.82, 2.24) is 9.78 Å². The van der Waals surface area contributed by atoms with Crippen LogP contribution in [0.15, 0.2) is 24.3 Å². The number of carbonyl (C=O) groups excluding carboxylic acids is 1. The third kappa shape index (κ3) is 2.66. The second-order valence-electron chi connectivity index (χ2n) is 4.69. The average Bonchev–Trinajstić information content (AvgIpc) is 2.73. The van der Waals surface area contributed by atoms with Gasteiger partial charge in [0.2, 0.25) is 0 Å². The number of hydrogen-bond donors (Lipinski definition) is 2. The van der Waals surface area contributed by atoms with Crippen molar-refractivity contribution in [3.63, 3.8) is 0 Å². The van der Waals surface area contributed by atoms with Crippen LogP contribution in [0.25, 0.3) is 0 Å². The van der Waals surface area contributed by atoms with Crippen LogP contribution in [0.5, 0.6) is 0 Å². The van der Waals surface area contributed by atoms with Crippen LogP contribution in [-0.4, -0.2) is 15.7 Å². The molecule has 1 aromatic heterocycles. The predicted octanol–water partition coefficient (Wildman–Crippen LogP) is 2.38. The fourth-order valence-electron chi connectivity index (χ4n) is 2.19. The van der Waals surface area contributed by atoms with Gasteiger partial charge in [0.05, 0.1) is 11.4 Å². The first-order valence-electron chi connectivity index (χ1n) is 6.78. The van der Waals surface area contributed by atoms with Crippen LogP contribution in [0.4, 0.5) is 11.4 Å². The molecule has 5 nitrogen and oxygen atoms in total. The molecule has 20 heavy (non-hydrogen) atoms. The van der Waals surface area contributed by atoms with Crippen LogP contribution in [0.1, 0.15) is 35.6 Å². The predicted molar refractivity (Wildman–Crippen MR) is 80.8 cm³/mol. The van der Waals surface area contributed by atoms with Gasteiger partial charge in [-0.1, -0.05) is 26.0 Å². The molecule has 0 atom stereocenters. The number of anilines is 2. The number of aryl methyl sites for hydroxylation is 3. The fourth-order valence-corrected chi connectivity index (χ4v) is 2.19. The van der Waals surface area contributed by atoms with Crippen LogP contribution in [0, 0.1) is 0 Å². The van der Waals surface area contributed by atoms with Crippen molar-refractivity contribution in [1.29, 1.82) is 0 Å². The SMILES string of the molecule is CCc1cccc(NC(=O)c2c(N)c(CC)nn2C)c1. The quantitative estimate of drug-likeness (QED) is 0.897. The van der Waals surface area contributed by atoms with Gasteiger partial charge in [0.1, 0.15) is 5.69 Å². The van der Waals surface area contributed by atoms with E-state index in [0.717, 1.165) is 17.8 Å². The molecule has 2 rings (SSSR count). The van der Waals surface area contributed by atoms with Gasteiger partial charge in [0.15, 0.2) is 0 Å². The van der Waals surface area contributed by atoms with Crippen molar-refractivity contribution in [3.8, 4) is 0 Å². The fraction of sp³-hybridized carbons (Fsp3) is 0.333. The summed E-state index contributed by atoms with van der Waals surface area (Å²) in [5, 5.41) is 7.13. The summed E-state index contributed by atoms with van der Waals surface area (Å²) < 4.78 is 1.53. The largest absolute Gasteiger partial charge is 0.395 e. The zero-order valence-corrected chi connectivity index (χ0v) is 12.1. The van der Waals surface area contributed by atoms with Crippen molar-refractivity contribution in [2.45, 2.75) is 26.7 Å². The Balaban J connectivity index is 2.26. The summed E-state index contributed by atoms with van der Waals surface area (Å²) in [5.74, 6) is -0.231. The third-order valence-corrected chi connectivity index (χ3v) is 3.30. The smallest absolute Gasteiger partial charge is 0.276 e. The summed E-state index contributed by atoms with van der Waals surface area (Å²) in [4.78, 5) is 12.3. The first-order chi connectivity index (χ1) is 9.56. The molecule has 0 saturated heterocycles. The summed E-state index contributed by atoms with van der Waals surface area (Å²) in [7, 11) is 1.73. The maximum Gasteiger partial charge on any atom is 0.276 e. The molecule has 0 aliphatic heterocycles. The molecule has 0 aliphatic carbocycles. The summed E-state index contributed by atoms with van der Waals surface area (Å²) >= 11 is 0. The standard InChI is InChI=1S/C15H20N4O/c1-4-10-7-6-8-11(9-10)17-15(20)14-13(16)12(5-2)18-19(14)3/h6-9H,4-5,16H2,1-3H3,(H,17,20). The highest BCUT2D eigenvalue weighted by Gasteiger charge is 2.19. The Labute approximate surface area is 118 Å². The maximum absolute atomic E-state index is 12.3. The van der Waals surface area contributed by atoms with Crippen LogP contribution < -0.4 is 11.1 Å². The Morgan fingerprint density at radius 1 is 1.35 bits per heavy atom. The number of hydrogen-bond acceptors (Lipinski definition) is 3. The minimum absolute atomic E-state index is 0.231. The molecule has 0 unspecified atom stereocenters. The second-order valence-corrected chi connectivity index (χ2v) is 4.69. The molecule has 1 amide bonds. The van der Waals surface area contributed by atoms with E-state index in [1.54, 1.807) is 7.05 Å². The van der Waals surface area contributed by atoms with Crippen LogP contribution in [0.2, 0.25) is 0 Å². The van der Waals surface area contributed by atoms with Gasteiger partial charge in [-0.05, 0) is 30.5 Å². The number of nitrogens with two attached hydrogens (primary N) is 1. The van der Waals surface area contributed by atoms with E-state index in [2.05, 4.69) is 17.3 Å². The van der Waals surface area contributed by atoms with Gasteiger partial charge in [-0.25, -0.2) is 0 Å². The third-order valence-electron chi connectivity index (χ3n) is 3.30. The molecule has 3 N–H and O–H groups in total. The lowest BCUT2D eigenvalue weighted by atomic mass is 10.1. The van der Waals surface area contributed by atoms with Gasteiger partial charge >= 0.3 is 0 Å². The number of carbonyl (C=O) groups is 1. The van der Waals surface area contributed by atoms with Crippen molar-refractivity contribution in [2.75, 3.05) is 11.1 Å². The first-order valence-corrected chi connectivity index (χ1v) is 6.78. The van der Waals surface area contributed by atoms with Gasteiger partial charge in [0.25, 0.3) is 5.91 Å². The Kier molecular flexibility index (Phi) is 4.08. The maximum atomic E-state index is 12.3. The summed E-state index contributed by atoms with van der Waals surface area (Å²) in [6.07, 6.45) is 1.63. The van der Waals surface area contributed by atoms with Crippen LogP contribution >= 0.6 is 0 Å². The molecule has 106 valence electrons. The van der Waals surface area contributed by atoms with Crippen molar-refractivity contribution in [2.24, 2.45) is 7.05 Å². The highest BCUT2D eigenvalue weighted by molar-refractivity contribution is 6.06. The van der Waals surface area contributed by atoms with E-state index >= 15 is 0 Å². The van der Waals surface area contributed by atoms with Crippen LogP contribution in [0.3, 0.4) is 0 Å². The van der Waals surface area contributed by atoms with Gasteiger partial charge < -0.3 is 11.1 Å². The van der Waals surface area contributed by atoms with Crippen LogP contribution in [-0.2, 0) is 19.9 Å². The molecule has 0 saturated carbocycles. The number of rotatable bonds is 4. The Bertz CT molecular complexity index is 631. The molecule has 0 aliphatic rings. The lowest BCUT2D eigenvalue weighted by molar-refractivity contribution is 0.101. The van der Waals surface area contributed by atoms with Gasteiger partial charge in [-0.3, -0.25) is 9.48 Å². The highest BCUT2D eigenvalue weighted by atomic mass is 16.2. The lowest BCUT2D eigenvalue weighted by Gasteiger charge is -2.07. The number of aromatic nitrogens is 2. The Hall–Kier alpha value is -2.30. The molecular formula is C15H20N4O. The van der Waals surface area contributed by atoms with E-state index in [4.69, 9.17) is 5.73 Å². The zero-order valence-electron chi connectivity index (χ0n) is 12.1. The second kappa shape index (κ2) is 5.77. The van der Waals surface area contributed by atoms with E-state index in [1.807, 2.05) is 31.2 Å². The monoisotopic (exact) mass is 272 g/mol. The molecule has 0 fully saturated rings. The molecular weight excluding hydrogens is 252 g/mol. The van der Waals surface area contributed by atoms with Crippen molar-refractivity contribution < 1.29 is 4.79 Å². The van der Waals surface area contributed by atoms with E-state index in [-0.39, 0.29) is 5.91 Å². The van der Waals surface area contributed by atoms with Crippen molar-refractivity contribution in [3.05, 3.63) is 41.2 Å². The number of amides is 1.